The fourth-order valence-electron chi connectivity index (χ4n) is 4.21. The molecule has 2 N–H and O–H groups in total. The van der Waals surface area contributed by atoms with Gasteiger partial charge in [-0.2, -0.15) is 5.26 Å². The van der Waals surface area contributed by atoms with Crippen LogP contribution in [0.15, 0.2) is 45.3 Å². The van der Waals surface area contributed by atoms with E-state index in [4.69, 9.17) is 15.2 Å². The summed E-state index contributed by atoms with van der Waals surface area (Å²) in [4.78, 5) is 15.2. The molecule has 6 nitrogen and oxygen atoms in total. The quantitative estimate of drug-likeness (QED) is 0.719. The number of nitrogens with zero attached hydrogens (tertiary/aromatic N) is 2. The van der Waals surface area contributed by atoms with Gasteiger partial charge in [0.2, 0.25) is 0 Å². The summed E-state index contributed by atoms with van der Waals surface area (Å²) in [5.74, 6) is 0.660. The molecule has 1 aliphatic heterocycles. The number of nitriles is 1. The van der Waals surface area contributed by atoms with Gasteiger partial charge < -0.3 is 20.1 Å². The third-order valence-electron chi connectivity index (χ3n) is 5.51. The SMILES string of the molecule is COCCN1C(N)=C(C#N)[C@@H](c2ccc(OC)c(Br)c2)C2=C1CC(C)(C)CC2=O. The van der Waals surface area contributed by atoms with Gasteiger partial charge in [0.15, 0.2) is 5.78 Å². The number of hydrogen-bond acceptors (Lipinski definition) is 6. The lowest BCUT2D eigenvalue weighted by Crippen LogP contribution is -2.43. The summed E-state index contributed by atoms with van der Waals surface area (Å²) in [7, 11) is 3.22. The van der Waals surface area contributed by atoms with Crippen LogP contribution < -0.4 is 10.5 Å². The minimum Gasteiger partial charge on any atom is -0.496 e. The highest BCUT2D eigenvalue weighted by Crippen LogP contribution is 2.49. The number of benzene rings is 1. The minimum atomic E-state index is -0.486. The number of ether oxygens (including phenoxy) is 2. The summed E-state index contributed by atoms with van der Waals surface area (Å²) in [6, 6.07) is 7.89. The number of hydrogen-bond donors (Lipinski definition) is 1. The van der Waals surface area contributed by atoms with E-state index in [9.17, 15) is 10.1 Å². The van der Waals surface area contributed by atoms with Crippen molar-refractivity contribution >= 4 is 21.7 Å². The minimum absolute atomic E-state index is 0.0656. The molecule has 3 rings (SSSR count). The molecular weight excluding hydrogens is 434 g/mol. The molecule has 0 fully saturated rings. The molecule has 7 heteroatoms. The van der Waals surface area contributed by atoms with Crippen molar-refractivity contribution in [1.29, 1.82) is 5.26 Å². The summed E-state index contributed by atoms with van der Waals surface area (Å²) < 4.78 is 11.3. The molecule has 29 heavy (non-hydrogen) atoms. The number of rotatable bonds is 5. The molecule has 0 amide bonds. The van der Waals surface area contributed by atoms with E-state index in [2.05, 4.69) is 35.8 Å². The van der Waals surface area contributed by atoms with Crippen molar-refractivity contribution < 1.29 is 14.3 Å². The van der Waals surface area contributed by atoms with Crippen molar-refractivity contribution in [2.24, 2.45) is 11.1 Å². The molecule has 0 aromatic heterocycles. The number of halogens is 1. The fourth-order valence-corrected chi connectivity index (χ4v) is 4.77. The van der Waals surface area contributed by atoms with Crippen molar-refractivity contribution in [1.82, 2.24) is 4.90 Å². The molecule has 1 aliphatic carbocycles. The third kappa shape index (κ3) is 3.92. The van der Waals surface area contributed by atoms with Gasteiger partial charge in [-0.15, -0.1) is 0 Å². The van der Waals surface area contributed by atoms with Crippen LogP contribution in [0, 0.1) is 16.7 Å². The predicted molar refractivity (Wildman–Crippen MR) is 114 cm³/mol. The van der Waals surface area contributed by atoms with Gasteiger partial charge in [-0.1, -0.05) is 19.9 Å². The number of nitrogens with two attached hydrogens (primary N) is 1. The normalized spacial score (nSPS) is 21.2. The second-order valence-corrected chi connectivity index (χ2v) is 9.04. The first-order valence-electron chi connectivity index (χ1n) is 9.50. The Hall–Kier alpha value is -2.30. The monoisotopic (exact) mass is 459 g/mol. The summed E-state index contributed by atoms with van der Waals surface area (Å²) in [5.41, 5.74) is 9.11. The van der Waals surface area contributed by atoms with Gasteiger partial charge in [0.1, 0.15) is 11.6 Å². The van der Waals surface area contributed by atoms with Gasteiger partial charge in [0, 0.05) is 31.3 Å². The number of carbonyl (C=O) groups excluding carboxylic acids is 1. The van der Waals surface area contributed by atoms with Crippen LogP contribution in [0.5, 0.6) is 5.75 Å². The van der Waals surface area contributed by atoms with Crippen LogP contribution in [0.4, 0.5) is 0 Å². The lowest BCUT2D eigenvalue weighted by Gasteiger charge is -2.43. The molecule has 0 spiro atoms. The van der Waals surface area contributed by atoms with Crippen LogP contribution in [-0.4, -0.2) is 38.1 Å². The highest BCUT2D eigenvalue weighted by atomic mass is 79.9. The second kappa shape index (κ2) is 8.21. The molecule has 1 heterocycles. The van der Waals surface area contributed by atoms with Crippen LogP contribution >= 0.6 is 15.9 Å². The van der Waals surface area contributed by atoms with Gasteiger partial charge in [-0.3, -0.25) is 4.79 Å². The maximum atomic E-state index is 13.3. The number of ketones is 1. The van der Waals surface area contributed by atoms with Crippen LogP contribution in [-0.2, 0) is 9.53 Å². The maximum absolute atomic E-state index is 13.3. The molecule has 0 saturated carbocycles. The first-order valence-corrected chi connectivity index (χ1v) is 10.3. The van der Waals surface area contributed by atoms with Crippen molar-refractivity contribution in [3.8, 4) is 11.8 Å². The smallest absolute Gasteiger partial charge is 0.162 e. The zero-order chi connectivity index (χ0) is 21.3. The van der Waals surface area contributed by atoms with E-state index in [1.807, 2.05) is 23.1 Å². The maximum Gasteiger partial charge on any atom is 0.162 e. The first kappa shape index (κ1) is 21.4. The number of allylic oxidation sites excluding steroid dienone is 3. The Bertz CT molecular complexity index is 943. The molecule has 0 saturated heterocycles. The Morgan fingerprint density at radius 3 is 2.66 bits per heavy atom. The summed E-state index contributed by atoms with van der Waals surface area (Å²) >= 11 is 3.52. The number of carbonyl (C=O) groups is 1. The topological polar surface area (TPSA) is 88.6 Å². The summed E-state index contributed by atoms with van der Waals surface area (Å²) in [5, 5.41) is 9.97. The largest absolute Gasteiger partial charge is 0.496 e. The summed E-state index contributed by atoms with van der Waals surface area (Å²) in [6.07, 6.45) is 1.15. The van der Waals surface area contributed by atoms with E-state index in [-0.39, 0.29) is 11.2 Å². The second-order valence-electron chi connectivity index (χ2n) is 8.18. The van der Waals surface area contributed by atoms with E-state index >= 15 is 0 Å². The molecule has 0 unspecified atom stereocenters. The lowest BCUT2D eigenvalue weighted by atomic mass is 9.68. The molecule has 1 aromatic carbocycles. The van der Waals surface area contributed by atoms with E-state index in [1.54, 1.807) is 14.2 Å². The molecule has 1 atom stereocenters. The van der Waals surface area contributed by atoms with Gasteiger partial charge >= 0.3 is 0 Å². The number of Topliss-reactive ketones (excluding diaryl/α,β-unsaturated/α-hetero) is 1. The Kier molecular flexibility index (Phi) is 6.06. The van der Waals surface area contributed by atoms with Crippen LogP contribution in [0.1, 0.15) is 38.2 Å². The van der Waals surface area contributed by atoms with E-state index in [0.29, 0.717) is 48.7 Å². The van der Waals surface area contributed by atoms with Crippen molar-refractivity contribution in [3.63, 3.8) is 0 Å². The molecule has 2 aliphatic rings. The highest BCUT2D eigenvalue weighted by molar-refractivity contribution is 9.10. The van der Waals surface area contributed by atoms with Gasteiger partial charge in [-0.05, 0) is 45.5 Å². The fraction of sp³-hybridized carbons (Fsp3) is 0.455. The third-order valence-corrected chi connectivity index (χ3v) is 6.13. The van der Waals surface area contributed by atoms with Gasteiger partial charge in [-0.25, -0.2) is 0 Å². The predicted octanol–water partition coefficient (Wildman–Crippen LogP) is 3.84. The highest BCUT2D eigenvalue weighted by Gasteiger charge is 2.44. The van der Waals surface area contributed by atoms with Crippen LogP contribution in [0.2, 0.25) is 0 Å². The number of methoxy groups -OCH3 is 2. The zero-order valence-corrected chi connectivity index (χ0v) is 18.8. The Morgan fingerprint density at radius 1 is 1.34 bits per heavy atom. The molecule has 1 aromatic rings. The lowest BCUT2D eigenvalue weighted by molar-refractivity contribution is -0.118. The summed E-state index contributed by atoms with van der Waals surface area (Å²) in [6.45, 7) is 5.11. The molecular formula is C22H26BrN3O3. The average Bonchev–Trinajstić information content (AvgIpc) is 2.65. The molecule has 154 valence electrons. The van der Waals surface area contributed by atoms with Crippen molar-refractivity contribution in [2.45, 2.75) is 32.6 Å². The average molecular weight is 460 g/mol. The Balaban J connectivity index is 2.22. The Labute approximate surface area is 180 Å². The molecule has 0 radical (unpaired) electrons. The van der Waals surface area contributed by atoms with Gasteiger partial charge in [0.25, 0.3) is 0 Å². The van der Waals surface area contributed by atoms with Crippen LogP contribution in [0.3, 0.4) is 0 Å². The van der Waals surface area contributed by atoms with Crippen molar-refractivity contribution in [2.75, 3.05) is 27.4 Å². The first-order chi connectivity index (χ1) is 13.7. The molecule has 0 bridgehead atoms. The Morgan fingerprint density at radius 2 is 2.07 bits per heavy atom. The van der Waals surface area contributed by atoms with E-state index < -0.39 is 5.92 Å². The zero-order valence-electron chi connectivity index (χ0n) is 17.2. The van der Waals surface area contributed by atoms with E-state index in [0.717, 1.165) is 15.7 Å². The van der Waals surface area contributed by atoms with Crippen LogP contribution in [0.25, 0.3) is 0 Å². The van der Waals surface area contributed by atoms with E-state index in [1.165, 1.54) is 0 Å². The van der Waals surface area contributed by atoms with Crippen molar-refractivity contribution in [3.05, 3.63) is 50.9 Å². The van der Waals surface area contributed by atoms with Gasteiger partial charge in [0.05, 0.1) is 35.7 Å². The standard InChI is InChI=1S/C22H26BrN3O3/c1-22(2)10-16-20(17(27)11-22)19(13-5-6-18(29-4)15(23)9-13)14(12-24)21(25)26(16)7-8-28-3/h5-6,9,19H,7-8,10-11,25H2,1-4H3/t19-/m1/s1.